The van der Waals surface area contributed by atoms with Crippen molar-refractivity contribution in [1.29, 1.82) is 0 Å². The van der Waals surface area contributed by atoms with E-state index in [-0.39, 0.29) is 5.56 Å². The summed E-state index contributed by atoms with van der Waals surface area (Å²) >= 11 is 0. The Bertz CT molecular complexity index is 1150. The number of ether oxygens (including phenoxy) is 2. The fourth-order valence-electron chi connectivity index (χ4n) is 2.76. The van der Waals surface area contributed by atoms with Crippen LogP contribution in [-0.2, 0) is 29.1 Å². The zero-order valence-corrected chi connectivity index (χ0v) is 19.4. The molecule has 0 fully saturated rings. The zero-order chi connectivity index (χ0) is 24.8. The van der Waals surface area contributed by atoms with Crippen LogP contribution in [0.5, 0.6) is 0 Å². The van der Waals surface area contributed by atoms with Crippen LogP contribution in [0.3, 0.4) is 0 Å². The molecule has 0 saturated heterocycles. The molecule has 0 heterocycles. The first kappa shape index (κ1) is 25.9. The average molecular weight is 481 g/mol. The minimum atomic E-state index is -4.36. The number of carbonyl (C=O) groups excluding carboxylic acids is 3. The Balaban J connectivity index is 2.06. The monoisotopic (exact) mass is 480 g/mol. The van der Waals surface area contributed by atoms with Gasteiger partial charge in [0.2, 0.25) is 10.0 Å². The number of esters is 2. The van der Waals surface area contributed by atoms with Crippen LogP contribution in [-0.4, -0.2) is 46.0 Å². The van der Waals surface area contributed by atoms with Crippen LogP contribution < -0.4 is 10.0 Å². The number of methoxy groups -OCH3 is 1. The molecule has 1 atom stereocenters. The molecule has 2 N–H and O–H groups in total. The molecule has 0 aromatic heterocycles. The quantitative estimate of drug-likeness (QED) is 0.528. The van der Waals surface area contributed by atoms with Crippen LogP contribution >= 0.6 is 0 Å². The van der Waals surface area contributed by atoms with Gasteiger partial charge >= 0.3 is 11.9 Å². The summed E-state index contributed by atoms with van der Waals surface area (Å²) in [4.78, 5) is 35.8. The van der Waals surface area contributed by atoms with Crippen LogP contribution in [0, 0.1) is 18.7 Å². The number of rotatable bonds is 9. The van der Waals surface area contributed by atoms with Gasteiger partial charge in [0.25, 0.3) is 5.91 Å². The Hall–Kier alpha value is -3.31. The third-order valence-electron chi connectivity index (χ3n) is 4.61. The van der Waals surface area contributed by atoms with Gasteiger partial charge in [0, 0.05) is 5.69 Å². The Kier molecular flexibility index (Phi) is 8.66. The van der Waals surface area contributed by atoms with E-state index in [0.717, 1.165) is 12.1 Å². The van der Waals surface area contributed by atoms with Gasteiger partial charge < -0.3 is 14.8 Å². The maximum absolute atomic E-state index is 13.9. The topological polar surface area (TPSA) is 128 Å². The van der Waals surface area contributed by atoms with E-state index in [9.17, 15) is 27.2 Å². The number of amides is 1. The maximum atomic E-state index is 13.9. The van der Waals surface area contributed by atoms with Gasteiger partial charge in [-0.15, -0.1) is 0 Å². The summed E-state index contributed by atoms with van der Waals surface area (Å²) in [5.74, 6) is -3.81. The van der Waals surface area contributed by atoms with Gasteiger partial charge in [0.15, 0.2) is 6.61 Å². The minimum absolute atomic E-state index is 0.220. The molecule has 0 aliphatic carbocycles. The number of benzene rings is 2. The van der Waals surface area contributed by atoms with Crippen LogP contribution in [0.2, 0.25) is 0 Å². The first-order valence-corrected chi connectivity index (χ1v) is 11.4. The second kappa shape index (κ2) is 11.0. The number of sulfonamides is 1. The third-order valence-corrected chi connectivity index (χ3v) is 6.08. The molecule has 0 aliphatic rings. The average Bonchev–Trinajstić information content (AvgIpc) is 2.76. The summed E-state index contributed by atoms with van der Waals surface area (Å²) in [5, 5.41) is 2.52. The number of hydrogen-bond donors (Lipinski definition) is 2. The van der Waals surface area contributed by atoms with Crippen molar-refractivity contribution < 1.29 is 36.7 Å². The molecule has 33 heavy (non-hydrogen) atoms. The summed E-state index contributed by atoms with van der Waals surface area (Å²) in [6, 6.07) is 7.95. The van der Waals surface area contributed by atoms with Crippen molar-refractivity contribution in [3.63, 3.8) is 0 Å². The first-order chi connectivity index (χ1) is 15.5. The fourth-order valence-corrected chi connectivity index (χ4v) is 4.18. The van der Waals surface area contributed by atoms with E-state index in [0.29, 0.717) is 11.3 Å². The van der Waals surface area contributed by atoms with Crippen molar-refractivity contribution in [2.75, 3.05) is 19.0 Å². The highest BCUT2D eigenvalue weighted by Gasteiger charge is 2.31. The van der Waals surface area contributed by atoms with Crippen molar-refractivity contribution in [3.05, 3.63) is 59.4 Å². The van der Waals surface area contributed by atoms with Crippen molar-refractivity contribution in [2.24, 2.45) is 5.92 Å². The van der Waals surface area contributed by atoms with Gasteiger partial charge in [-0.3, -0.25) is 9.59 Å². The van der Waals surface area contributed by atoms with E-state index in [1.807, 2.05) is 0 Å². The van der Waals surface area contributed by atoms with E-state index in [2.05, 4.69) is 14.8 Å². The lowest BCUT2D eigenvalue weighted by molar-refractivity contribution is -0.150. The van der Waals surface area contributed by atoms with E-state index < -0.39 is 57.1 Å². The number of halogens is 1. The number of nitrogens with one attached hydrogen (secondary N) is 2. The molecule has 0 spiro atoms. The van der Waals surface area contributed by atoms with E-state index >= 15 is 0 Å². The predicted octanol–water partition coefficient (Wildman–Crippen LogP) is 2.41. The van der Waals surface area contributed by atoms with Crippen LogP contribution in [0.1, 0.15) is 29.8 Å². The minimum Gasteiger partial charge on any atom is -0.465 e. The van der Waals surface area contributed by atoms with Crippen molar-refractivity contribution in [3.8, 4) is 0 Å². The second-order valence-corrected chi connectivity index (χ2v) is 9.13. The Morgan fingerprint density at radius 3 is 2.36 bits per heavy atom. The molecule has 2 rings (SSSR count). The second-order valence-electron chi connectivity index (χ2n) is 7.45. The van der Waals surface area contributed by atoms with Gasteiger partial charge in [-0.2, -0.15) is 4.72 Å². The predicted molar refractivity (Wildman–Crippen MR) is 117 cm³/mol. The highest BCUT2D eigenvalue weighted by molar-refractivity contribution is 7.89. The lowest BCUT2D eigenvalue weighted by Gasteiger charge is -2.21. The fraction of sp³-hybridized carbons (Fsp3) is 0.318. The third kappa shape index (κ3) is 6.83. The Labute approximate surface area is 191 Å². The number of aryl methyl sites for hydroxylation is 1. The summed E-state index contributed by atoms with van der Waals surface area (Å²) in [5.41, 5.74) is 1.19. The molecule has 0 unspecified atom stereocenters. The van der Waals surface area contributed by atoms with E-state index in [1.165, 1.54) is 31.4 Å². The Morgan fingerprint density at radius 1 is 1.09 bits per heavy atom. The zero-order valence-electron chi connectivity index (χ0n) is 18.5. The highest BCUT2D eigenvalue weighted by Crippen LogP contribution is 2.18. The lowest BCUT2D eigenvalue weighted by atomic mass is 10.1. The molecular formula is C22H25FN2O7S. The van der Waals surface area contributed by atoms with Crippen LogP contribution in [0.15, 0.2) is 47.4 Å². The SMILES string of the molecule is COC(=O)c1ccc(C)c(NC(=O)COC(=O)[C@@H](NS(=O)(=O)c2ccccc2F)C(C)C)c1. The maximum Gasteiger partial charge on any atom is 0.337 e. The molecule has 178 valence electrons. The summed E-state index contributed by atoms with van der Waals surface area (Å²) in [6.45, 7) is 4.13. The molecule has 0 bridgehead atoms. The lowest BCUT2D eigenvalue weighted by Crippen LogP contribution is -2.46. The van der Waals surface area contributed by atoms with E-state index in [1.54, 1.807) is 26.8 Å². The van der Waals surface area contributed by atoms with Crippen molar-refractivity contribution >= 4 is 33.6 Å². The van der Waals surface area contributed by atoms with Crippen molar-refractivity contribution in [1.82, 2.24) is 4.72 Å². The van der Waals surface area contributed by atoms with Gasteiger partial charge in [-0.25, -0.2) is 17.6 Å². The summed E-state index contributed by atoms with van der Waals surface area (Å²) < 4.78 is 50.7. The van der Waals surface area contributed by atoms with Gasteiger partial charge in [0.05, 0.1) is 12.7 Å². The van der Waals surface area contributed by atoms with Gasteiger partial charge in [-0.05, 0) is 42.7 Å². The largest absolute Gasteiger partial charge is 0.465 e. The Morgan fingerprint density at radius 2 is 1.76 bits per heavy atom. The van der Waals surface area contributed by atoms with Crippen LogP contribution in [0.4, 0.5) is 10.1 Å². The molecule has 2 aromatic rings. The first-order valence-electron chi connectivity index (χ1n) is 9.88. The number of carbonyl (C=O) groups is 3. The standard InChI is InChI=1S/C22H25FN2O7S/c1-13(2)20(25-33(29,30)18-8-6-5-7-16(18)23)22(28)32-12-19(26)24-17-11-15(21(27)31-4)10-9-14(17)3/h5-11,13,20,25H,12H2,1-4H3,(H,24,26)/t20-/m0/s1. The normalized spacial score (nSPS) is 12.2. The highest BCUT2D eigenvalue weighted by atomic mass is 32.2. The molecule has 11 heteroatoms. The molecule has 0 aliphatic heterocycles. The van der Waals surface area contributed by atoms with E-state index in [4.69, 9.17) is 4.74 Å². The van der Waals surface area contributed by atoms with Gasteiger partial charge in [-0.1, -0.05) is 32.0 Å². The van der Waals surface area contributed by atoms with Crippen molar-refractivity contribution in [2.45, 2.75) is 31.7 Å². The summed E-state index contributed by atoms with van der Waals surface area (Å²) in [7, 11) is -3.13. The molecule has 0 radical (unpaired) electrons. The molecule has 0 saturated carbocycles. The molecule has 1 amide bonds. The molecular weight excluding hydrogens is 455 g/mol. The molecule has 9 nitrogen and oxygen atoms in total. The van der Waals surface area contributed by atoms with Gasteiger partial charge in [0.1, 0.15) is 16.8 Å². The summed E-state index contributed by atoms with van der Waals surface area (Å²) in [6.07, 6.45) is 0. The number of hydrogen-bond acceptors (Lipinski definition) is 7. The molecule has 2 aromatic carbocycles. The smallest absolute Gasteiger partial charge is 0.337 e. The van der Waals surface area contributed by atoms with Crippen LogP contribution in [0.25, 0.3) is 0 Å². The number of anilines is 1.